The van der Waals surface area contributed by atoms with Crippen LogP contribution in [-0.2, 0) is 10.0 Å². The number of hydrogen-bond acceptors (Lipinski definition) is 6. The predicted molar refractivity (Wildman–Crippen MR) is 117 cm³/mol. The third kappa shape index (κ3) is 3.57. The van der Waals surface area contributed by atoms with Crippen LogP contribution in [-0.4, -0.2) is 64.8 Å². The highest BCUT2D eigenvalue weighted by Gasteiger charge is 2.33. The van der Waals surface area contributed by atoms with E-state index in [1.54, 1.807) is 29.3 Å². The summed E-state index contributed by atoms with van der Waals surface area (Å²) in [6.07, 6.45) is 3.07. The molecule has 0 bridgehead atoms. The van der Waals surface area contributed by atoms with Crippen LogP contribution >= 0.6 is 0 Å². The molecule has 0 atom stereocenters. The molecule has 0 unspecified atom stereocenters. The number of carbonyl (C=O) groups is 1. The zero-order valence-corrected chi connectivity index (χ0v) is 18.2. The lowest BCUT2D eigenvalue weighted by molar-refractivity contribution is 0.0656. The number of benzene rings is 1. The van der Waals surface area contributed by atoms with E-state index in [4.69, 9.17) is 4.52 Å². The van der Waals surface area contributed by atoms with Gasteiger partial charge >= 0.3 is 0 Å². The molecule has 9 nitrogen and oxygen atoms in total. The summed E-state index contributed by atoms with van der Waals surface area (Å²) in [5.74, 6) is -0.163. The molecule has 1 amide bonds. The number of sulfonamides is 1. The van der Waals surface area contributed by atoms with Crippen LogP contribution in [0.15, 0.2) is 64.3 Å². The van der Waals surface area contributed by atoms with Crippen LogP contribution in [0.2, 0.25) is 0 Å². The number of fused-ring (bicyclic) bond motifs is 1. The van der Waals surface area contributed by atoms with Crippen molar-refractivity contribution in [2.24, 2.45) is 0 Å². The summed E-state index contributed by atoms with van der Waals surface area (Å²) in [5.41, 5.74) is 3.10. The fourth-order valence-corrected chi connectivity index (χ4v) is 5.38. The van der Waals surface area contributed by atoms with E-state index < -0.39 is 10.0 Å². The molecule has 10 heteroatoms. The minimum Gasteiger partial charge on any atom is -0.350 e. The highest BCUT2D eigenvalue weighted by molar-refractivity contribution is 7.89. The Labute approximate surface area is 184 Å². The summed E-state index contributed by atoms with van der Waals surface area (Å²) in [6, 6.07) is 12.8. The van der Waals surface area contributed by atoms with Crippen molar-refractivity contribution in [3.63, 3.8) is 0 Å². The molecule has 3 aromatic heterocycles. The number of nitrogens with one attached hydrogen (secondary N) is 1. The van der Waals surface area contributed by atoms with Crippen LogP contribution < -0.4 is 0 Å². The molecule has 4 aromatic rings. The van der Waals surface area contributed by atoms with Gasteiger partial charge in [-0.3, -0.25) is 4.79 Å². The molecule has 1 fully saturated rings. The molecule has 1 aromatic carbocycles. The first-order valence-corrected chi connectivity index (χ1v) is 11.6. The zero-order valence-electron chi connectivity index (χ0n) is 17.4. The lowest BCUT2D eigenvalue weighted by Gasteiger charge is -2.33. The van der Waals surface area contributed by atoms with Gasteiger partial charge in [-0.1, -0.05) is 35.0 Å². The van der Waals surface area contributed by atoms with Gasteiger partial charge in [0.25, 0.3) is 5.91 Å². The molecule has 1 aliphatic rings. The van der Waals surface area contributed by atoms with Crippen molar-refractivity contribution in [1.29, 1.82) is 0 Å². The van der Waals surface area contributed by atoms with Gasteiger partial charge in [0.2, 0.25) is 15.8 Å². The standard InChI is InChI=1S/C22H21N5O4S/c1-15-4-6-16(7-5-15)18-13-19(31-25-18)22(28)26-9-11-27(12-10-26)32(29,30)20-14-24-21-17(20)3-2-8-23-21/h2-8,13-14H,9-12H2,1H3,(H,23,24). The Kier molecular flexibility index (Phi) is 5.03. The SMILES string of the molecule is Cc1ccc(-c2cc(C(=O)N3CCN(S(=O)(=O)c4c[nH]c5ncccc45)CC3)on2)cc1. The molecule has 164 valence electrons. The minimum atomic E-state index is -3.71. The number of hydrogen-bond donors (Lipinski definition) is 1. The molecule has 1 saturated heterocycles. The van der Waals surface area contributed by atoms with Gasteiger partial charge in [0.15, 0.2) is 0 Å². The van der Waals surface area contributed by atoms with Crippen LogP contribution in [0, 0.1) is 6.92 Å². The van der Waals surface area contributed by atoms with Gasteiger partial charge in [0, 0.05) is 55.6 Å². The molecule has 1 aliphatic heterocycles. The molecule has 0 radical (unpaired) electrons. The van der Waals surface area contributed by atoms with Crippen molar-refractivity contribution in [3.8, 4) is 11.3 Å². The predicted octanol–water partition coefficient (Wildman–Crippen LogP) is 2.67. The molecule has 32 heavy (non-hydrogen) atoms. The quantitative estimate of drug-likeness (QED) is 0.511. The summed E-state index contributed by atoms with van der Waals surface area (Å²) in [6.45, 7) is 2.91. The Morgan fingerprint density at radius 2 is 1.84 bits per heavy atom. The van der Waals surface area contributed by atoms with E-state index in [9.17, 15) is 13.2 Å². The van der Waals surface area contributed by atoms with Crippen LogP contribution in [0.4, 0.5) is 0 Å². The van der Waals surface area contributed by atoms with E-state index in [0.717, 1.165) is 11.1 Å². The maximum absolute atomic E-state index is 13.1. The first-order valence-electron chi connectivity index (χ1n) is 10.2. The summed E-state index contributed by atoms with van der Waals surface area (Å²) in [7, 11) is -3.71. The fraction of sp³-hybridized carbons (Fsp3) is 0.227. The lowest BCUT2D eigenvalue weighted by atomic mass is 10.1. The molecule has 0 aliphatic carbocycles. The van der Waals surface area contributed by atoms with Crippen LogP contribution in [0.5, 0.6) is 0 Å². The Morgan fingerprint density at radius 3 is 2.59 bits per heavy atom. The van der Waals surface area contributed by atoms with Gasteiger partial charge in [-0.05, 0) is 19.1 Å². The molecular formula is C22H21N5O4S. The number of pyridine rings is 1. The normalized spacial score (nSPS) is 15.3. The number of nitrogens with zero attached hydrogens (tertiary/aromatic N) is 4. The maximum atomic E-state index is 13.1. The van der Waals surface area contributed by atoms with Crippen molar-refractivity contribution >= 4 is 27.0 Å². The van der Waals surface area contributed by atoms with Gasteiger partial charge in [-0.2, -0.15) is 4.31 Å². The Balaban J connectivity index is 1.28. The first-order chi connectivity index (χ1) is 15.4. The topological polar surface area (TPSA) is 112 Å². The Morgan fingerprint density at radius 1 is 1.09 bits per heavy atom. The highest BCUT2D eigenvalue weighted by atomic mass is 32.2. The van der Waals surface area contributed by atoms with Crippen molar-refractivity contribution in [2.45, 2.75) is 11.8 Å². The van der Waals surface area contributed by atoms with Gasteiger partial charge in [0.05, 0.1) is 0 Å². The summed E-state index contributed by atoms with van der Waals surface area (Å²) in [4.78, 5) is 21.7. The number of aromatic nitrogens is 3. The van der Waals surface area contributed by atoms with Crippen molar-refractivity contribution in [3.05, 3.63) is 66.2 Å². The van der Waals surface area contributed by atoms with Crippen LogP contribution in [0.1, 0.15) is 16.1 Å². The number of aromatic amines is 1. The molecule has 5 rings (SSSR count). The second kappa shape index (κ2) is 7.88. The lowest BCUT2D eigenvalue weighted by Crippen LogP contribution is -2.50. The van der Waals surface area contributed by atoms with Gasteiger partial charge < -0.3 is 14.4 Å². The molecular weight excluding hydrogens is 430 g/mol. The van der Waals surface area contributed by atoms with Crippen LogP contribution in [0.25, 0.3) is 22.3 Å². The number of aryl methyl sites for hydroxylation is 1. The smallest absolute Gasteiger partial charge is 0.292 e. The molecule has 4 heterocycles. The summed E-state index contributed by atoms with van der Waals surface area (Å²) < 4.78 is 33.0. The maximum Gasteiger partial charge on any atom is 0.292 e. The summed E-state index contributed by atoms with van der Waals surface area (Å²) >= 11 is 0. The van der Waals surface area contributed by atoms with E-state index >= 15 is 0 Å². The van der Waals surface area contributed by atoms with E-state index in [1.807, 2.05) is 31.2 Å². The minimum absolute atomic E-state index is 0.139. The third-order valence-corrected chi connectivity index (χ3v) is 7.56. The highest BCUT2D eigenvalue weighted by Crippen LogP contribution is 2.26. The molecule has 1 N–H and O–H groups in total. The van der Waals surface area contributed by atoms with Crippen molar-refractivity contribution < 1.29 is 17.7 Å². The number of carbonyl (C=O) groups excluding carboxylic acids is 1. The Hall–Kier alpha value is -3.50. The number of amides is 1. The number of H-pyrrole nitrogens is 1. The zero-order chi connectivity index (χ0) is 22.3. The largest absolute Gasteiger partial charge is 0.350 e. The summed E-state index contributed by atoms with van der Waals surface area (Å²) in [5, 5.41) is 4.56. The van der Waals surface area contributed by atoms with E-state index in [1.165, 1.54) is 10.5 Å². The third-order valence-electron chi connectivity index (χ3n) is 5.63. The van der Waals surface area contributed by atoms with E-state index in [0.29, 0.717) is 16.7 Å². The first kappa shape index (κ1) is 20.4. The fourth-order valence-electron chi connectivity index (χ4n) is 3.81. The Bertz CT molecular complexity index is 1380. The van der Waals surface area contributed by atoms with E-state index in [2.05, 4.69) is 15.1 Å². The molecule has 0 saturated carbocycles. The number of rotatable bonds is 4. The van der Waals surface area contributed by atoms with Crippen LogP contribution in [0.3, 0.4) is 0 Å². The van der Waals surface area contributed by atoms with Gasteiger partial charge in [0.1, 0.15) is 16.2 Å². The van der Waals surface area contributed by atoms with Crippen molar-refractivity contribution in [2.75, 3.05) is 26.2 Å². The van der Waals surface area contributed by atoms with Gasteiger partial charge in [-0.25, -0.2) is 13.4 Å². The average Bonchev–Trinajstić information content (AvgIpc) is 3.47. The second-order valence-corrected chi connectivity index (χ2v) is 9.60. The van der Waals surface area contributed by atoms with E-state index in [-0.39, 0.29) is 42.7 Å². The van der Waals surface area contributed by atoms with Crippen molar-refractivity contribution in [1.82, 2.24) is 24.3 Å². The number of piperazine rings is 1. The van der Waals surface area contributed by atoms with Gasteiger partial charge in [-0.15, -0.1) is 0 Å². The average molecular weight is 452 g/mol. The second-order valence-electron chi connectivity index (χ2n) is 7.69. The molecule has 0 spiro atoms. The monoisotopic (exact) mass is 451 g/mol.